The first-order valence-corrected chi connectivity index (χ1v) is 10.0. The van der Waals surface area contributed by atoms with Crippen molar-refractivity contribution in [3.63, 3.8) is 0 Å². The molecule has 0 saturated carbocycles. The molecule has 1 aromatic carbocycles. The van der Waals surface area contributed by atoms with Crippen LogP contribution in [-0.4, -0.2) is 36.0 Å². The van der Waals surface area contributed by atoms with Gasteiger partial charge in [0.05, 0.1) is 23.5 Å². The number of piperidine rings is 1. The highest BCUT2D eigenvalue weighted by Crippen LogP contribution is 2.26. The first kappa shape index (κ1) is 18.9. The summed E-state index contributed by atoms with van der Waals surface area (Å²) in [7, 11) is 1.62. The maximum absolute atomic E-state index is 12.6. The number of nitrogens with zero attached hydrogens (tertiary/aromatic N) is 2. The van der Waals surface area contributed by atoms with Gasteiger partial charge >= 0.3 is 0 Å². The number of rotatable bonds is 6. The number of benzene rings is 1. The molecule has 0 atom stereocenters. The third-order valence-corrected chi connectivity index (χ3v) is 5.97. The van der Waals surface area contributed by atoms with Crippen LogP contribution in [0.5, 0.6) is 5.75 Å². The van der Waals surface area contributed by atoms with Crippen LogP contribution in [0.1, 0.15) is 43.3 Å². The molecule has 0 bridgehead atoms. The smallest absolute Gasteiger partial charge is 0.227 e. The van der Waals surface area contributed by atoms with Crippen LogP contribution < -0.4 is 10.1 Å². The molecule has 1 aliphatic rings. The molecule has 1 aromatic heterocycles. The van der Waals surface area contributed by atoms with E-state index in [2.05, 4.69) is 29.4 Å². The van der Waals surface area contributed by atoms with E-state index in [4.69, 9.17) is 9.72 Å². The van der Waals surface area contributed by atoms with Crippen LogP contribution in [-0.2, 0) is 11.3 Å². The summed E-state index contributed by atoms with van der Waals surface area (Å²) < 4.78 is 5.31. The maximum atomic E-state index is 12.6. The summed E-state index contributed by atoms with van der Waals surface area (Å²) in [6.07, 6.45) is 1.75. The van der Waals surface area contributed by atoms with Crippen LogP contribution in [0, 0.1) is 5.92 Å². The van der Waals surface area contributed by atoms with Gasteiger partial charge in [0.25, 0.3) is 0 Å². The molecule has 26 heavy (non-hydrogen) atoms. The van der Waals surface area contributed by atoms with Gasteiger partial charge in [0.2, 0.25) is 5.91 Å². The Kier molecular flexibility index (Phi) is 6.27. The number of aromatic nitrogens is 1. The zero-order chi connectivity index (χ0) is 18.5. The Morgan fingerprint density at radius 3 is 2.73 bits per heavy atom. The molecule has 5 nitrogen and oxygen atoms in total. The van der Waals surface area contributed by atoms with Crippen LogP contribution in [0.25, 0.3) is 0 Å². The van der Waals surface area contributed by atoms with Crippen molar-refractivity contribution in [2.75, 3.05) is 25.5 Å². The number of hydrogen-bond acceptors (Lipinski definition) is 5. The second-order valence-electron chi connectivity index (χ2n) is 7.07. The SMILES string of the molecule is COc1ccccc1NC(=O)C1CCN(Cc2csc(C(C)C)n2)CC1. The molecular formula is C20H27N3O2S. The molecule has 1 amide bonds. The van der Waals surface area contributed by atoms with E-state index in [1.54, 1.807) is 18.4 Å². The Labute approximate surface area is 159 Å². The van der Waals surface area contributed by atoms with Crippen LogP contribution in [0.3, 0.4) is 0 Å². The molecule has 2 heterocycles. The molecule has 3 rings (SSSR count). The number of anilines is 1. The Hall–Kier alpha value is -1.92. The van der Waals surface area contributed by atoms with Gasteiger partial charge in [0, 0.05) is 23.8 Å². The van der Waals surface area contributed by atoms with Gasteiger partial charge in [-0.05, 0) is 38.1 Å². The normalized spacial score (nSPS) is 16.0. The van der Waals surface area contributed by atoms with Crippen molar-refractivity contribution >= 4 is 22.9 Å². The molecule has 0 radical (unpaired) electrons. The predicted molar refractivity (Wildman–Crippen MR) is 106 cm³/mol. The van der Waals surface area contributed by atoms with E-state index in [1.807, 2.05) is 24.3 Å². The Balaban J connectivity index is 1.50. The van der Waals surface area contributed by atoms with Gasteiger partial charge in [-0.25, -0.2) is 4.98 Å². The molecule has 1 fully saturated rings. The highest BCUT2D eigenvalue weighted by atomic mass is 32.1. The number of carbonyl (C=O) groups excluding carboxylic acids is 1. The summed E-state index contributed by atoms with van der Waals surface area (Å²) in [6.45, 7) is 7.09. The highest BCUT2D eigenvalue weighted by molar-refractivity contribution is 7.09. The molecule has 0 unspecified atom stereocenters. The van der Waals surface area contributed by atoms with Crippen molar-refractivity contribution in [2.24, 2.45) is 5.92 Å². The third kappa shape index (κ3) is 4.62. The van der Waals surface area contributed by atoms with Gasteiger partial charge in [-0.3, -0.25) is 9.69 Å². The highest BCUT2D eigenvalue weighted by Gasteiger charge is 2.26. The number of para-hydroxylation sites is 2. The second kappa shape index (κ2) is 8.64. The van der Waals surface area contributed by atoms with E-state index in [0.717, 1.165) is 43.9 Å². The first-order chi connectivity index (χ1) is 12.6. The monoisotopic (exact) mass is 373 g/mol. The predicted octanol–water partition coefficient (Wildman–Crippen LogP) is 4.13. The molecule has 6 heteroatoms. The Morgan fingerprint density at radius 2 is 2.08 bits per heavy atom. The topological polar surface area (TPSA) is 54.5 Å². The van der Waals surface area contributed by atoms with Gasteiger partial charge in [0.1, 0.15) is 5.75 Å². The Bertz CT molecular complexity index is 736. The number of nitrogens with one attached hydrogen (secondary N) is 1. The minimum Gasteiger partial charge on any atom is -0.495 e. The number of carbonyl (C=O) groups is 1. The number of amides is 1. The molecule has 0 aliphatic carbocycles. The average Bonchev–Trinajstić information content (AvgIpc) is 3.11. The summed E-state index contributed by atoms with van der Waals surface area (Å²) in [4.78, 5) is 19.7. The van der Waals surface area contributed by atoms with Gasteiger partial charge in [-0.2, -0.15) is 0 Å². The summed E-state index contributed by atoms with van der Waals surface area (Å²) in [6, 6.07) is 7.54. The number of hydrogen-bond donors (Lipinski definition) is 1. The standard InChI is InChI=1S/C20H27N3O2S/c1-14(2)20-21-16(13-26-20)12-23-10-8-15(9-11-23)19(24)22-17-6-4-5-7-18(17)25-3/h4-7,13-15H,8-12H2,1-3H3,(H,22,24). The number of ether oxygens (including phenoxy) is 1. The van der Waals surface area contributed by atoms with Gasteiger partial charge in [0.15, 0.2) is 0 Å². The quantitative estimate of drug-likeness (QED) is 0.827. The van der Waals surface area contributed by atoms with Crippen molar-refractivity contribution in [2.45, 2.75) is 39.2 Å². The summed E-state index contributed by atoms with van der Waals surface area (Å²) in [5.41, 5.74) is 1.89. The van der Waals surface area contributed by atoms with Crippen molar-refractivity contribution in [1.82, 2.24) is 9.88 Å². The van der Waals surface area contributed by atoms with E-state index in [0.29, 0.717) is 11.7 Å². The lowest BCUT2D eigenvalue weighted by molar-refractivity contribution is -0.121. The summed E-state index contributed by atoms with van der Waals surface area (Å²) in [5, 5.41) is 6.38. The fourth-order valence-corrected chi connectivity index (χ4v) is 4.05. The fraction of sp³-hybridized carbons (Fsp3) is 0.500. The van der Waals surface area contributed by atoms with Gasteiger partial charge in [-0.15, -0.1) is 11.3 Å². The van der Waals surface area contributed by atoms with Crippen molar-refractivity contribution in [1.29, 1.82) is 0 Å². The van der Waals surface area contributed by atoms with E-state index < -0.39 is 0 Å². The largest absolute Gasteiger partial charge is 0.495 e. The number of thiazole rings is 1. The zero-order valence-corrected chi connectivity index (χ0v) is 16.5. The molecule has 1 saturated heterocycles. The lowest BCUT2D eigenvalue weighted by atomic mass is 9.95. The van der Waals surface area contributed by atoms with E-state index in [-0.39, 0.29) is 11.8 Å². The number of likely N-dealkylation sites (tertiary alicyclic amines) is 1. The van der Waals surface area contributed by atoms with Crippen molar-refractivity contribution in [3.8, 4) is 5.75 Å². The number of methoxy groups -OCH3 is 1. The van der Waals surface area contributed by atoms with Crippen LogP contribution >= 0.6 is 11.3 Å². The zero-order valence-electron chi connectivity index (χ0n) is 15.7. The summed E-state index contributed by atoms with van der Waals surface area (Å²) in [5.74, 6) is 1.32. The van der Waals surface area contributed by atoms with Crippen LogP contribution in [0.15, 0.2) is 29.6 Å². The van der Waals surface area contributed by atoms with Crippen LogP contribution in [0.4, 0.5) is 5.69 Å². The van der Waals surface area contributed by atoms with Crippen LogP contribution in [0.2, 0.25) is 0 Å². The fourth-order valence-electron chi connectivity index (χ4n) is 3.23. The van der Waals surface area contributed by atoms with E-state index >= 15 is 0 Å². The van der Waals surface area contributed by atoms with E-state index in [9.17, 15) is 4.79 Å². The lowest BCUT2D eigenvalue weighted by Crippen LogP contribution is -2.37. The van der Waals surface area contributed by atoms with E-state index in [1.165, 1.54) is 5.01 Å². The van der Waals surface area contributed by atoms with Gasteiger partial charge < -0.3 is 10.1 Å². The molecule has 0 spiro atoms. The first-order valence-electron chi connectivity index (χ1n) is 9.17. The van der Waals surface area contributed by atoms with Crippen molar-refractivity contribution < 1.29 is 9.53 Å². The Morgan fingerprint density at radius 1 is 1.35 bits per heavy atom. The molecule has 1 N–H and O–H groups in total. The second-order valence-corrected chi connectivity index (χ2v) is 7.96. The summed E-state index contributed by atoms with van der Waals surface area (Å²) >= 11 is 1.74. The maximum Gasteiger partial charge on any atom is 0.227 e. The minimum atomic E-state index is 0.0535. The average molecular weight is 374 g/mol. The molecule has 140 valence electrons. The lowest BCUT2D eigenvalue weighted by Gasteiger charge is -2.30. The minimum absolute atomic E-state index is 0.0535. The third-order valence-electron chi connectivity index (χ3n) is 4.77. The molecule has 2 aromatic rings. The van der Waals surface area contributed by atoms with Crippen molar-refractivity contribution in [3.05, 3.63) is 40.3 Å². The van der Waals surface area contributed by atoms with Gasteiger partial charge in [-0.1, -0.05) is 26.0 Å². The molecule has 1 aliphatic heterocycles. The molecular weight excluding hydrogens is 346 g/mol.